The molecule has 1 unspecified atom stereocenters. The summed E-state index contributed by atoms with van der Waals surface area (Å²) in [6.07, 6.45) is 6.09. The minimum Gasteiger partial charge on any atom is -0.377 e. The summed E-state index contributed by atoms with van der Waals surface area (Å²) in [4.78, 5) is 16.9. The van der Waals surface area contributed by atoms with E-state index in [-0.39, 0.29) is 17.6 Å². The quantitative estimate of drug-likeness (QED) is 0.797. The van der Waals surface area contributed by atoms with Gasteiger partial charge in [-0.1, -0.05) is 6.92 Å². The van der Waals surface area contributed by atoms with Crippen LogP contribution >= 0.6 is 0 Å². The molecule has 124 valence electrons. The predicted octanol–water partition coefficient (Wildman–Crippen LogP) is 1.40. The number of likely N-dealkylation sites (tertiary alicyclic amines) is 1. The first-order valence-corrected chi connectivity index (χ1v) is 7.99. The monoisotopic (exact) mass is 308 g/mol. The number of carbonyl (C=O) groups excluding carboxylic acids is 1. The molecular weight excluding hydrogens is 280 g/mol. The van der Waals surface area contributed by atoms with Crippen LogP contribution in [0.25, 0.3) is 0 Å². The molecule has 1 fully saturated rings. The van der Waals surface area contributed by atoms with Crippen molar-refractivity contribution in [1.82, 2.24) is 19.6 Å². The molecule has 0 spiro atoms. The van der Waals surface area contributed by atoms with Gasteiger partial charge in [0, 0.05) is 39.1 Å². The van der Waals surface area contributed by atoms with Crippen molar-refractivity contribution in [2.75, 3.05) is 40.8 Å². The van der Waals surface area contributed by atoms with Crippen LogP contribution in [0.1, 0.15) is 32.2 Å². The Labute approximate surface area is 133 Å². The fourth-order valence-corrected chi connectivity index (χ4v) is 3.29. The minimum atomic E-state index is -0.195. The van der Waals surface area contributed by atoms with Crippen molar-refractivity contribution < 1.29 is 9.53 Å². The largest absolute Gasteiger partial charge is 0.377 e. The lowest BCUT2D eigenvalue weighted by atomic mass is 9.90. The Hall–Kier alpha value is -1.40. The maximum absolute atomic E-state index is 12.8. The Kier molecular flexibility index (Phi) is 5.58. The van der Waals surface area contributed by atoms with Crippen LogP contribution in [0.4, 0.5) is 0 Å². The number of piperidine rings is 1. The van der Waals surface area contributed by atoms with Crippen LogP contribution in [0.3, 0.4) is 0 Å². The van der Waals surface area contributed by atoms with Crippen molar-refractivity contribution >= 4 is 5.91 Å². The third-order valence-electron chi connectivity index (χ3n) is 4.54. The third kappa shape index (κ3) is 3.67. The summed E-state index contributed by atoms with van der Waals surface area (Å²) in [5, 5.41) is 4.23. The molecule has 1 aromatic rings. The van der Waals surface area contributed by atoms with E-state index >= 15 is 0 Å². The molecule has 1 atom stereocenters. The summed E-state index contributed by atoms with van der Waals surface area (Å²) in [6.45, 7) is 4.41. The van der Waals surface area contributed by atoms with Gasteiger partial charge < -0.3 is 14.5 Å². The Morgan fingerprint density at radius 1 is 1.41 bits per heavy atom. The van der Waals surface area contributed by atoms with Gasteiger partial charge in [0.1, 0.15) is 6.04 Å². The molecule has 22 heavy (non-hydrogen) atoms. The Morgan fingerprint density at radius 3 is 2.55 bits per heavy atom. The SMILES string of the molecule is CCC(C(=O)N1CCC(CN(C)C)(OC)CC1)n1cccn1. The zero-order valence-electron chi connectivity index (χ0n) is 14.2. The van der Waals surface area contributed by atoms with Gasteiger partial charge in [-0.3, -0.25) is 9.48 Å². The average molecular weight is 308 g/mol. The number of hydrogen-bond donors (Lipinski definition) is 0. The number of amides is 1. The summed E-state index contributed by atoms with van der Waals surface area (Å²) in [6, 6.07) is 1.66. The smallest absolute Gasteiger partial charge is 0.247 e. The summed E-state index contributed by atoms with van der Waals surface area (Å²) < 4.78 is 7.54. The van der Waals surface area contributed by atoms with Crippen molar-refractivity contribution in [3.63, 3.8) is 0 Å². The number of aromatic nitrogens is 2. The van der Waals surface area contributed by atoms with Crippen molar-refractivity contribution in [3.8, 4) is 0 Å². The molecule has 0 N–H and O–H groups in total. The molecule has 0 bridgehead atoms. The van der Waals surface area contributed by atoms with Gasteiger partial charge in [0.15, 0.2) is 0 Å². The Bertz CT molecular complexity index is 465. The van der Waals surface area contributed by atoms with Gasteiger partial charge in [0.25, 0.3) is 0 Å². The van der Waals surface area contributed by atoms with Gasteiger partial charge in [-0.25, -0.2) is 0 Å². The van der Waals surface area contributed by atoms with Crippen molar-refractivity contribution in [3.05, 3.63) is 18.5 Å². The van der Waals surface area contributed by atoms with E-state index in [0.29, 0.717) is 0 Å². The first kappa shape index (κ1) is 17.0. The normalized spacial score (nSPS) is 19.4. The topological polar surface area (TPSA) is 50.6 Å². The fraction of sp³-hybridized carbons (Fsp3) is 0.750. The van der Waals surface area contributed by atoms with E-state index in [4.69, 9.17) is 4.74 Å². The van der Waals surface area contributed by atoms with E-state index in [1.807, 2.05) is 24.1 Å². The van der Waals surface area contributed by atoms with E-state index < -0.39 is 0 Å². The van der Waals surface area contributed by atoms with Crippen molar-refractivity contribution in [2.45, 2.75) is 37.8 Å². The molecule has 1 saturated heterocycles. The third-order valence-corrected chi connectivity index (χ3v) is 4.54. The van der Waals surface area contributed by atoms with Gasteiger partial charge >= 0.3 is 0 Å². The van der Waals surface area contributed by atoms with E-state index in [1.54, 1.807) is 18.0 Å². The van der Waals surface area contributed by atoms with Crippen LogP contribution < -0.4 is 0 Å². The maximum atomic E-state index is 12.8. The number of hydrogen-bond acceptors (Lipinski definition) is 4. The zero-order valence-corrected chi connectivity index (χ0v) is 14.2. The molecule has 1 amide bonds. The molecule has 2 rings (SSSR count). The standard InChI is InChI=1S/C16H28N4O2/c1-5-14(20-10-6-9-17-20)15(21)19-11-7-16(22-4,8-12-19)13-18(2)3/h6,9-10,14H,5,7-8,11-13H2,1-4H3. The first-order chi connectivity index (χ1) is 10.5. The van der Waals surface area contributed by atoms with Gasteiger partial charge in [0.05, 0.1) is 5.60 Å². The molecule has 1 aliphatic heterocycles. The molecule has 1 aliphatic rings. The molecule has 6 nitrogen and oxygen atoms in total. The van der Waals surface area contributed by atoms with Gasteiger partial charge in [-0.15, -0.1) is 0 Å². The van der Waals surface area contributed by atoms with Crippen molar-refractivity contribution in [1.29, 1.82) is 0 Å². The summed E-state index contributed by atoms with van der Waals surface area (Å²) >= 11 is 0. The van der Waals surface area contributed by atoms with Crippen LogP contribution in [-0.4, -0.2) is 71.9 Å². The maximum Gasteiger partial charge on any atom is 0.247 e. The van der Waals surface area contributed by atoms with E-state index in [1.165, 1.54) is 0 Å². The summed E-state index contributed by atoms with van der Waals surface area (Å²) in [5.74, 6) is 0.167. The number of rotatable bonds is 6. The number of carbonyl (C=O) groups is 1. The van der Waals surface area contributed by atoms with Crippen LogP contribution in [0.15, 0.2) is 18.5 Å². The highest BCUT2D eigenvalue weighted by atomic mass is 16.5. The van der Waals surface area contributed by atoms with Crippen LogP contribution in [0.5, 0.6) is 0 Å². The van der Waals surface area contributed by atoms with Crippen molar-refractivity contribution in [2.24, 2.45) is 0 Å². The molecule has 1 aromatic heterocycles. The van der Waals surface area contributed by atoms with E-state index in [9.17, 15) is 4.79 Å². The lowest BCUT2D eigenvalue weighted by molar-refractivity contribution is -0.141. The first-order valence-electron chi connectivity index (χ1n) is 7.99. The predicted molar refractivity (Wildman–Crippen MR) is 85.7 cm³/mol. The molecule has 0 aromatic carbocycles. The highest BCUT2D eigenvalue weighted by Gasteiger charge is 2.37. The molecule has 6 heteroatoms. The molecular formula is C16H28N4O2. The van der Waals surface area contributed by atoms with E-state index in [0.717, 1.165) is 38.9 Å². The molecule has 2 heterocycles. The van der Waals surface area contributed by atoms with Gasteiger partial charge in [0.2, 0.25) is 5.91 Å². The summed E-state index contributed by atoms with van der Waals surface area (Å²) in [7, 11) is 5.89. The number of likely N-dealkylation sites (N-methyl/N-ethyl adjacent to an activating group) is 1. The van der Waals surface area contributed by atoms with Gasteiger partial charge in [-0.2, -0.15) is 5.10 Å². The Morgan fingerprint density at radius 2 is 2.09 bits per heavy atom. The Balaban J connectivity index is 1.99. The van der Waals surface area contributed by atoms with Crippen LogP contribution in [0, 0.1) is 0 Å². The zero-order chi connectivity index (χ0) is 16.2. The number of ether oxygens (including phenoxy) is 1. The van der Waals surface area contributed by atoms with Crippen LogP contribution in [0.2, 0.25) is 0 Å². The molecule has 0 aliphatic carbocycles. The van der Waals surface area contributed by atoms with E-state index in [2.05, 4.69) is 24.1 Å². The minimum absolute atomic E-state index is 0.131. The second-order valence-electron chi connectivity index (χ2n) is 6.36. The number of methoxy groups -OCH3 is 1. The average Bonchev–Trinajstić information content (AvgIpc) is 3.02. The second-order valence-corrected chi connectivity index (χ2v) is 6.36. The van der Waals surface area contributed by atoms with Gasteiger partial charge in [-0.05, 0) is 39.4 Å². The lowest BCUT2D eigenvalue weighted by Crippen LogP contribution is -2.53. The molecule has 0 saturated carbocycles. The second kappa shape index (κ2) is 7.24. The summed E-state index contributed by atoms with van der Waals surface area (Å²) in [5.41, 5.74) is -0.131. The fourth-order valence-electron chi connectivity index (χ4n) is 3.29. The highest BCUT2D eigenvalue weighted by Crippen LogP contribution is 2.28. The van der Waals surface area contributed by atoms with Crippen LogP contribution in [-0.2, 0) is 9.53 Å². The lowest BCUT2D eigenvalue weighted by Gasteiger charge is -2.42. The molecule has 0 radical (unpaired) electrons. The number of nitrogens with zero attached hydrogens (tertiary/aromatic N) is 4. The highest BCUT2D eigenvalue weighted by molar-refractivity contribution is 5.80.